The van der Waals surface area contributed by atoms with E-state index in [-0.39, 0.29) is 12.2 Å². The van der Waals surface area contributed by atoms with Crippen LogP contribution in [0.5, 0.6) is 0 Å². The van der Waals surface area contributed by atoms with Gasteiger partial charge in [0, 0.05) is 0 Å². The minimum Gasteiger partial charge on any atom is -0.391 e. The van der Waals surface area contributed by atoms with Gasteiger partial charge in [0.05, 0.1) is 31.5 Å². The van der Waals surface area contributed by atoms with E-state index in [1.807, 2.05) is 20.8 Å². The molecule has 0 rings (SSSR count). The van der Waals surface area contributed by atoms with Crippen molar-refractivity contribution in [3.05, 3.63) is 0 Å². The van der Waals surface area contributed by atoms with Crippen LogP contribution in [0.15, 0.2) is 0 Å². The van der Waals surface area contributed by atoms with Crippen molar-refractivity contribution in [2.75, 3.05) is 13.2 Å². The van der Waals surface area contributed by atoms with Gasteiger partial charge in [-0.25, -0.2) is 0 Å². The van der Waals surface area contributed by atoms with E-state index in [1.165, 1.54) is 0 Å². The lowest BCUT2D eigenvalue weighted by molar-refractivity contribution is -0.0493. The van der Waals surface area contributed by atoms with Gasteiger partial charge in [-0.2, -0.15) is 0 Å². The van der Waals surface area contributed by atoms with Gasteiger partial charge >= 0.3 is 0 Å². The molecule has 2 atom stereocenters. The maximum atomic E-state index is 8.91. The first-order valence-corrected chi connectivity index (χ1v) is 4.43. The number of ether oxygens (including phenoxy) is 2. The molecule has 0 radical (unpaired) electrons. The summed E-state index contributed by atoms with van der Waals surface area (Å²) in [4.78, 5) is 0. The van der Waals surface area contributed by atoms with Gasteiger partial charge in [-0.05, 0) is 27.7 Å². The van der Waals surface area contributed by atoms with Crippen molar-refractivity contribution in [2.24, 2.45) is 0 Å². The third-order valence-electron chi connectivity index (χ3n) is 1.29. The monoisotopic (exact) mass is 176 g/mol. The van der Waals surface area contributed by atoms with Gasteiger partial charge in [0.1, 0.15) is 0 Å². The number of aliphatic hydroxyl groups excluding tert-OH is 1. The molecule has 0 aromatic carbocycles. The summed E-state index contributed by atoms with van der Waals surface area (Å²) in [5.74, 6) is 0. The number of rotatable bonds is 6. The highest BCUT2D eigenvalue weighted by Crippen LogP contribution is 1.96. The van der Waals surface area contributed by atoms with Crippen LogP contribution < -0.4 is 0 Å². The molecule has 3 heteroatoms. The average Bonchev–Trinajstić information content (AvgIpc) is 1.96. The maximum Gasteiger partial charge on any atom is 0.0781 e. The lowest BCUT2D eigenvalue weighted by Crippen LogP contribution is -2.22. The summed E-state index contributed by atoms with van der Waals surface area (Å²) in [6.07, 6.45) is -0.101. The molecule has 0 heterocycles. The summed E-state index contributed by atoms with van der Waals surface area (Å²) in [6, 6.07) is 0. The molecule has 0 aliphatic carbocycles. The van der Waals surface area contributed by atoms with Gasteiger partial charge in [0.25, 0.3) is 0 Å². The summed E-state index contributed by atoms with van der Waals surface area (Å²) in [5.41, 5.74) is 0. The van der Waals surface area contributed by atoms with Crippen LogP contribution in [0.1, 0.15) is 27.7 Å². The molecule has 0 aliphatic rings. The third-order valence-corrected chi connectivity index (χ3v) is 1.29. The summed E-state index contributed by atoms with van der Waals surface area (Å²) in [6.45, 7) is 8.58. The molecule has 74 valence electrons. The van der Waals surface area contributed by atoms with Crippen molar-refractivity contribution in [3.8, 4) is 0 Å². The van der Waals surface area contributed by atoms with Crippen LogP contribution in [0.25, 0.3) is 0 Å². The van der Waals surface area contributed by atoms with E-state index in [1.54, 1.807) is 6.92 Å². The van der Waals surface area contributed by atoms with Gasteiger partial charge in [-0.15, -0.1) is 0 Å². The number of hydrogen-bond donors (Lipinski definition) is 1. The predicted octanol–water partition coefficient (Wildman–Crippen LogP) is 1.20. The minimum atomic E-state index is -0.397. The van der Waals surface area contributed by atoms with Crippen molar-refractivity contribution in [1.82, 2.24) is 0 Å². The second kappa shape index (κ2) is 6.40. The summed E-state index contributed by atoms with van der Waals surface area (Å²) in [5, 5.41) is 8.91. The molecule has 0 fully saturated rings. The van der Waals surface area contributed by atoms with Crippen LogP contribution in [0, 0.1) is 0 Å². The van der Waals surface area contributed by atoms with E-state index < -0.39 is 6.10 Å². The molecule has 0 aromatic heterocycles. The van der Waals surface area contributed by atoms with Gasteiger partial charge in [-0.3, -0.25) is 0 Å². The average molecular weight is 176 g/mol. The van der Waals surface area contributed by atoms with Crippen molar-refractivity contribution in [1.29, 1.82) is 0 Å². The van der Waals surface area contributed by atoms with Crippen molar-refractivity contribution >= 4 is 0 Å². The van der Waals surface area contributed by atoms with Crippen LogP contribution in [-0.2, 0) is 9.47 Å². The zero-order valence-corrected chi connectivity index (χ0v) is 8.41. The molecular weight excluding hydrogens is 156 g/mol. The second-order valence-corrected chi connectivity index (χ2v) is 3.38. The number of aliphatic hydroxyl groups is 1. The molecule has 0 saturated carbocycles. The quantitative estimate of drug-likeness (QED) is 0.661. The molecule has 0 amide bonds. The Morgan fingerprint density at radius 1 is 1.00 bits per heavy atom. The van der Waals surface area contributed by atoms with Crippen molar-refractivity contribution in [3.63, 3.8) is 0 Å². The number of hydrogen-bond acceptors (Lipinski definition) is 3. The Morgan fingerprint density at radius 3 is 2.00 bits per heavy atom. The van der Waals surface area contributed by atoms with Crippen LogP contribution in [0.2, 0.25) is 0 Å². The molecule has 1 N–H and O–H groups in total. The molecule has 0 aromatic rings. The van der Waals surface area contributed by atoms with E-state index in [9.17, 15) is 0 Å². The highest BCUT2D eigenvalue weighted by molar-refractivity contribution is 4.51. The Bertz CT molecular complexity index is 89.9. The Hall–Kier alpha value is -0.120. The van der Waals surface area contributed by atoms with Gasteiger partial charge in [0.15, 0.2) is 0 Å². The van der Waals surface area contributed by atoms with Gasteiger partial charge in [0.2, 0.25) is 0 Å². The zero-order chi connectivity index (χ0) is 9.56. The Kier molecular flexibility index (Phi) is 6.34. The molecule has 0 unspecified atom stereocenters. The first-order chi connectivity index (χ1) is 5.52. The van der Waals surface area contributed by atoms with E-state index in [0.717, 1.165) is 0 Å². The zero-order valence-electron chi connectivity index (χ0n) is 8.41. The van der Waals surface area contributed by atoms with Gasteiger partial charge in [-0.1, -0.05) is 0 Å². The fraction of sp³-hybridized carbons (Fsp3) is 1.00. The normalized spacial score (nSPS) is 16.5. The van der Waals surface area contributed by atoms with Crippen LogP contribution in [0.3, 0.4) is 0 Å². The fourth-order valence-corrected chi connectivity index (χ4v) is 0.680. The van der Waals surface area contributed by atoms with Crippen molar-refractivity contribution < 1.29 is 14.6 Å². The highest BCUT2D eigenvalue weighted by Gasteiger charge is 2.05. The molecule has 0 aliphatic heterocycles. The Labute approximate surface area is 74.7 Å². The smallest absolute Gasteiger partial charge is 0.0781 e. The topological polar surface area (TPSA) is 38.7 Å². The van der Waals surface area contributed by atoms with Crippen LogP contribution in [0.4, 0.5) is 0 Å². The lowest BCUT2D eigenvalue weighted by Gasteiger charge is -2.15. The first kappa shape index (κ1) is 11.9. The SMILES string of the molecule is CC(C)OC[C@@H](C)OC[C@@H](C)O. The molecule has 12 heavy (non-hydrogen) atoms. The Morgan fingerprint density at radius 2 is 1.58 bits per heavy atom. The van der Waals surface area contributed by atoms with E-state index in [0.29, 0.717) is 13.2 Å². The molecule has 3 nitrogen and oxygen atoms in total. The highest BCUT2D eigenvalue weighted by atomic mass is 16.5. The maximum absolute atomic E-state index is 8.91. The predicted molar refractivity (Wildman–Crippen MR) is 48.2 cm³/mol. The fourth-order valence-electron chi connectivity index (χ4n) is 0.680. The Balaban J connectivity index is 3.27. The van der Waals surface area contributed by atoms with Gasteiger partial charge < -0.3 is 14.6 Å². The lowest BCUT2D eigenvalue weighted by atomic mass is 10.4. The van der Waals surface area contributed by atoms with Crippen molar-refractivity contribution in [2.45, 2.75) is 46.0 Å². The summed E-state index contributed by atoms with van der Waals surface area (Å²) < 4.78 is 10.6. The van der Waals surface area contributed by atoms with Crippen LogP contribution in [-0.4, -0.2) is 36.6 Å². The molecule has 0 bridgehead atoms. The largest absolute Gasteiger partial charge is 0.391 e. The molecule has 0 saturated heterocycles. The van der Waals surface area contributed by atoms with E-state index in [4.69, 9.17) is 14.6 Å². The third kappa shape index (κ3) is 7.98. The molecule has 0 spiro atoms. The molecular formula is C9H20O3. The summed E-state index contributed by atoms with van der Waals surface area (Å²) >= 11 is 0. The van der Waals surface area contributed by atoms with Crippen LogP contribution >= 0.6 is 0 Å². The standard InChI is InChI=1S/C9H20O3/c1-7(2)11-6-9(4)12-5-8(3)10/h7-10H,5-6H2,1-4H3/t8-,9-/m1/s1. The first-order valence-electron chi connectivity index (χ1n) is 4.43. The van der Waals surface area contributed by atoms with E-state index >= 15 is 0 Å². The second-order valence-electron chi connectivity index (χ2n) is 3.38. The minimum absolute atomic E-state index is 0.0574. The summed E-state index contributed by atoms with van der Waals surface area (Å²) in [7, 11) is 0. The van der Waals surface area contributed by atoms with E-state index in [2.05, 4.69) is 0 Å².